The van der Waals surface area contributed by atoms with Gasteiger partial charge in [0, 0.05) is 13.1 Å². The minimum absolute atomic E-state index is 0.113. The summed E-state index contributed by atoms with van der Waals surface area (Å²) in [6, 6.07) is 1.71. The minimum atomic E-state index is -4.09. The number of rotatable bonds is 1. The molecule has 1 aliphatic rings. The number of pyridine rings is 1. The Hall–Kier alpha value is -0.980. The highest BCUT2D eigenvalue weighted by molar-refractivity contribution is 9.10. The van der Waals surface area contributed by atoms with Crippen molar-refractivity contribution in [2.24, 2.45) is 5.92 Å². The van der Waals surface area contributed by atoms with Gasteiger partial charge >= 0.3 is 6.18 Å². The molecule has 1 saturated heterocycles. The van der Waals surface area contributed by atoms with Gasteiger partial charge in [-0.25, -0.2) is 4.98 Å². The second kappa shape index (κ2) is 4.95. The highest BCUT2D eigenvalue weighted by Crippen LogP contribution is 2.36. The van der Waals surface area contributed by atoms with E-state index in [1.165, 1.54) is 6.20 Å². The molecule has 7 heteroatoms. The lowest BCUT2D eigenvalue weighted by molar-refractivity contribution is -0.179. The number of nitrogens with two attached hydrogens (primary N) is 1. The molecule has 1 aromatic rings. The fourth-order valence-corrected chi connectivity index (χ4v) is 2.71. The Morgan fingerprint density at radius 3 is 2.44 bits per heavy atom. The number of anilines is 2. The van der Waals surface area contributed by atoms with Crippen LogP contribution in [0.3, 0.4) is 0 Å². The Bertz CT molecular complexity index is 428. The monoisotopic (exact) mass is 323 g/mol. The van der Waals surface area contributed by atoms with Gasteiger partial charge in [-0.2, -0.15) is 13.2 Å². The average molecular weight is 324 g/mol. The first-order valence-corrected chi connectivity index (χ1v) is 6.40. The summed E-state index contributed by atoms with van der Waals surface area (Å²) in [6.07, 6.45) is -2.35. The molecule has 1 aromatic heterocycles. The molecule has 0 atom stereocenters. The number of nitrogens with zero attached hydrogens (tertiary/aromatic N) is 2. The molecule has 0 amide bonds. The van der Waals surface area contributed by atoms with Gasteiger partial charge in [0.25, 0.3) is 0 Å². The molecule has 0 spiro atoms. The average Bonchev–Trinajstić information content (AvgIpc) is 2.28. The van der Waals surface area contributed by atoms with Gasteiger partial charge in [0.1, 0.15) is 5.82 Å². The molecule has 18 heavy (non-hydrogen) atoms. The van der Waals surface area contributed by atoms with Gasteiger partial charge in [-0.05, 0) is 34.8 Å². The summed E-state index contributed by atoms with van der Waals surface area (Å²) < 4.78 is 38.3. The maximum absolute atomic E-state index is 12.5. The first kappa shape index (κ1) is 13.5. The van der Waals surface area contributed by atoms with Crippen LogP contribution in [0.4, 0.5) is 24.7 Å². The van der Waals surface area contributed by atoms with Crippen LogP contribution in [0.5, 0.6) is 0 Å². The van der Waals surface area contributed by atoms with Crippen LogP contribution in [-0.4, -0.2) is 24.2 Å². The quantitative estimate of drug-likeness (QED) is 0.863. The summed E-state index contributed by atoms with van der Waals surface area (Å²) in [5.74, 6) is -0.536. The van der Waals surface area contributed by atoms with Gasteiger partial charge in [0.15, 0.2) is 0 Å². The Morgan fingerprint density at radius 1 is 1.33 bits per heavy atom. The fourth-order valence-electron chi connectivity index (χ4n) is 2.10. The van der Waals surface area contributed by atoms with E-state index in [-0.39, 0.29) is 12.8 Å². The van der Waals surface area contributed by atoms with Crippen molar-refractivity contribution in [2.75, 3.05) is 23.7 Å². The van der Waals surface area contributed by atoms with Gasteiger partial charge < -0.3 is 10.6 Å². The summed E-state index contributed by atoms with van der Waals surface area (Å²) in [7, 11) is 0. The molecule has 0 aliphatic carbocycles. The van der Waals surface area contributed by atoms with Crippen molar-refractivity contribution >= 4 is 27.4 Å². The summed E-state index contributed by atoms with van der Waals surface area (Å²) in [4.78, 5) is 6.01. The largest absolute Gasteiger partial charge is 0.397 e. The summed E-state index contributed by atoms with van der Waals surface area (Å²) in [5.41, 5.74) is 6.10. The van der Waals surface area contributed by atoms with E-state index in [0.29, 0.717) is 29.1 Å². The van der Waals surface area contributed by atoms with E-state index in [4.69, 9.17) is 5.73 Å². The number of hydrogen-bond acceptors (Lipinski definition) is 3. The predicted octanol–water partition coefficient (Wildman–Crippen LogP) is 3.21. The number of alkyl halides is 3. The molecule has 2 rings (SSSR count). The molecule has 2 N–H and O–H groups in total. The highest BCUT2D eigenvalue weighted by atomic mass is 79.9. The van der Waals surface area contributed by atoms with Crippen LogP contribution in [0.2, 0.25) is 0 Å². The molecule has 0 aromatic carbocycles. The molecule has 3 nitrogen and oxygen atoms in total. The zero-order valence-corrected chi connectivity index (χ0v) is 11.1. The van der Waals surface area contributed by atoms with E-state index in [1.54, 1.807) is 6.07 Å². The maximum Gasteiger partial charge on any atom is 0.391 e. The second-order valence-electron chi connectivity index (χ2n) is 4.38. The van der Waals surface area contributed by atoms with Gasteiger partial charge in [-0.3, -0.25) is 0 Å². The molecule has 100 valence electrons. The van der Waals surface area contributed by atoms with E-state index in [9.17, 15) is 13.2 Å². The standard InChI is InChI=1S/C11H13BrF3N3/c12-9-5-8(16)6-17-10(9)18-3-1-7(2-4-18)11(13,14)15/h5-7H,1-4,16H2. The topological polar surface area (TPSA) is 42.1 Å². The molecule has 0 bridgehead atoms. The van der Waals surface area contributed by atoms with Crippen molar-refractivity contribution in [1.29, 1.82) is 0 Å². The first-order chi connectivity index (χ1) is 8.38. The lowest BCUT2D eigenvalue weighted by Gasteiger charge is -2.34. The predicted molar refractivity (Wildman–Crippen MR) is 67.3 cm³/mol. The van der Waals surface area contributed by atoms with Crippen molar-refractivity contribution in [3.05, 3.63) is 16.7 Å². The lowest BCUT2D eigenvalue weighted by atomic mass is 9.96. The summed E-state index contributed by atoms with van der Waals surface area (Å²) in [5, 5.41) is 0. The third-order valence-corrected chi connectivity index (χ3v) is 3.68. The summed E-state index contributed by atoms with van der Waals surface area (Å²) in [6.45, 7) is 0.722. The molecule has 0 radical (unpaired) electrons. The number of halogens is 4. The van der Waals surface area contributed by atoms with Gasteiger partial charge in [0.2, 0.25) is 0 Å². The smallest absolute Gasteiger partial charge is 0.391 e. The van der Waals surface area contributed by atoms with Crippen LogP contribution in [-0.2, 0) is 0 Å². The lowest BCUT2D eigenvalue weighted by Crippen LogP contribution is -2.39. The minimum Gasteiger partial charge on any atom is -0.397 e. The molecule has 1 aliphatic heterocycles. The van der Waals surface area contributed by atoms with E-state index >= 15 is 0 Å². The Balaban J connectivity index is 2.06. The van der Waals surface area contributed by atoms with Crippen LogP contribution in [0.15, 0.2) is 16.7 Å². The SMILES string of the molecule is Nc1cnc(N2CCC(C(F)(F)F)CC2)c(Br)c1. The third-order valence-electron chi connectivity index (χ3n) is 3.10. The fraction of sp³-hybridized carbons (Fsp3) is 0.545. The van der Waals surface area contributed by atoms with Crippen LogP contribution in [0.1, 0.15) is 12.8 Å². The first-order valence-electron chi connectivity index (χ1n) is 5.60. The maximum atomic E-state index is 12.5. The Labute approximate surface area is 111 Å². The second-order valence-corrected chi connectivity index (χ2v) is 5.23. The van der Waals surface area contributed by atoms with Gasteiger partial charge in [-0.15, -0.1) is 0 Å². The van der Waals surface area contributed by atoms with Crippen molar-refractivity contribution in [3.8, 4) is 0 Å². The zero-order valence-electron chi connectivity index (χ0n) is 9.54. The normalized spacial score (nSPS) is 18.1. The Morgan fingerprint density at radius 2 is 1.94 bits per heavy atom. The number of piperidine rings is 1. The molecule has 0 unspecified atom stereocenters. The highest BCUT2D eigenvalue weighted by Gasteiger charge is 2.41. The van der Waals surface area contributed by atoms with Crippen LogP contribution < -0.4 is 10.6 Å². The zero-order chi connectivity index (χ0) is 13.3. The number of nitrogen functional groups attached to an aromatic ring is 1. The number of aromatic nitrogens is 1. The number of hydrogen-bond donors (Lipinski definition) is 1. The molecule has 2 heterocycles. The van der Waals surface area contributed by atoms with Crippen molar-refractivity contribution < 1.29 is 13.2 Å². The molecule has 0 saturated carbocycles. The molecule has 1 fully saturated rings. The Kier molecular flexibility index (Phi) is 3.70. The van der Waals surface area contributed by atoms with E-state index in [2.05, 4.69) is 20.9 Å². The van der Waals surface area contributed by atoms with E-state index in [0.717, 1.165) is 0 Å². The molecular weight excluding hydrogens is 311 g/mol. The summed E-state index contributed by atoms with van der Waals surface area (Å²) >= 11 is 3.33. The van der Waals surface area contributed by atoms with Crippen LogP contribution in [0, 0.1) is 5.92 Å². The van der Waals surface area contributed by atoms with E-state index < -0.39 is 12.1 Å². The third kappa shape index (κ3) is 2.88. The van der Waals surface area contributed by atoms with Gasteiger partial charge in [0.05, 0.1) is 22.3 Å². The molecular formula is C11H13BrF3N3. The van der Waals surface area contributed by atoms with Crippen LogP contribution >= 0.6 is 15.9 Å². The van der Waals surface area contributed by atoms with Crippen molar-refractivity contribution in [3.63, 3.8) is 0 Å². The van der Waals surface area contributed by atoms with Crippen LogP contribution in [0.25, 0.3) is 0 Å². The van der Waals surface area contributed by atoms with Crippen molar-refractivity contribution in [2.45, 2.75) is 19.0 Å². The van der Waals surface area contributed by atoms with Crippen molar-refractivity contribution in [1.82, 2.24) is 4.98 Å². The van der Waals surface area contributed by atoms with Gasteiger partial charge in [-0.1, -0.05) is 0 Å². The van der Waals surface area contributed by atoms with E-state index in [1.807, 2.05) is 4.90 Å².